The number of hydrogen-bond acceptors (Lipinski definition) is 3. The molecule has 0 saturated heterocycles. The van der Waals surface area contributed by atoms with E-state index in [9.17, 15) is 0 Å². The molecular formula is C13H21N3. The number of aryl methyl sites for hydroxylation is 1. The van der Waals surface area contributed by atoms with Gasteiger partial charge in [0.2, 0.25) is 0 Å². The lowest BCUT2D eigenvalue weighted by atomic mass is 10.1. The normalized spacial score (nSPS) is 12.4. The second kappa shape index (κ2) is 7.12. The zero-order chi connectivity index (χ0) is 11.8. The molecule has 0 saturated carbocycles. The first-order chi connectivity index (χ1) is 7.77. The van der Waals surface area contributed by atoms with E-state index in [1.165, 1.54) is 0 Å². The predicted octanol–water partition coefficient (Wildman–Crippen LogP) is 2.79. The minimum absolute atomic E-state index is 0.339. The van der Waals surface area contributed by atoms with Crippen LogP contribution in [-0.2, 0) is 0 Å². The van der Waals surface area contributed by atoms with Crippen molar-refractivity contribution < 1.29 is 0 Å². The highest BCUT2D eigenvalue weighted by Crippen LogP contribution is 2.17. The Bertz CT molecular complexity index is 323. The lowest BCUT2D eigenvalue weighted by molar-refractivity contribution is 0.488. The van der Waals surface area contributed by atoms with Crippen molar-refractivity contribution in [1.82, 2.24) is 15.3 Å². The van der Waals surface area contributed by atoms with Crippen LogP contribution in [0.5, 0.6) is 0 Å². The molecule has 0 radical (unpaired) electrons. The molecule has 0 aliphatic heterocycles. The molecule has 3 nitrogen and oxygen atoms in total. The summed E-state index contributed by atoms with van der Waals surface area (Å²) in [6.45, 7) is 8.75. The predicted molar refractivity (Wildman–Crippen MR) is 67.2 cm³/mol. The topological polar surface area (TPSA) is 37.8 Å². The van der Waals surface area contributed by atoms with Crippen molar-refractivity contribution in [3.8, 4) is 0 Å². The standard InChI is InChI=1S/C13H21N3/c1-4-6-7-8-12(14-5-2)13-9-10-15-11(3)16-13/h4,9-10,12,14H,1,5-8H2,2-3H3. The minimum Gasteiger partial charge on any atom is -0.309 e. The highest BCUT2D eigenvalue weighted by atomic mass is 15.0. The zero-order valence-electron chi connectivity index (χ0n) is 10.2. The molecule has 16 heavy (non-hydrogen) atoms. The van der Waals surface area contributed by atoms with Crippen molar-refractivity contribution >= 4 is 0 Å². The summed E-state index contributed by atoms with van der Waals surface area (Å²) in [5.41, 5.74) is 1.10. The molecule has 88 valence electrons. The van der Waals surface area contributed by atoms with Gasteiger partial charge in [0.25, 0.3) is 0 Å². The van der Waals surface area contributed by atoms with Gasteiger partial charge in [0.1, 0.15) is 5.82 Å². The van der Waals surface area contributed by atoms with E-state index < -0.39 is 0 Å². The lowest BCUT2D eigenvalue weighted by Gasteiger charge is -2.17. The zero-order valence-corrected chi connectivity index (χ0v) is 10.2. The fraction of sp³-hybridized carbons (Fsp3) is 0.538. The largest absolute Gasteiger partial charge is 0.309 e. The van der Waals surface area contributed by atoms with Crippen LogP contribution in [0.25, 0.3) is 0 Å². The Labute approximate surface area is 98.0 Å². The Morgan fingerprint density at radius 2 is 2.38 bits per heavy atom. The van der Waals surface area contributed by atoms with Crippen LogP contribution >= 0.6 is 0 Å². The minimum atomic E-state index is 0.339. The number of aromatic nitrogens is 2. The Balaban J connectivity index is 2.64. The van der Waals surface area contributed by atoms with Gasteiger partial charge in [-0.05, 0) is 38.8 Å². The molecule has 0 aliphatic rings. The van der Waals surface area contributed by atoms with Gasteiger partial charge in [0, 0.05) is 12.2 Å². The summed E-state index contributed by atoms with van der Waals surface area (Å²) in [6, 6.07) is 2.33. The molecule has 1 unspecified atom stereocenters. The van der Waals surface area contributed by atoms with Gasteiger partial charge < -0.3 is 5.32 Å². The SMILES string of the molecule is C=CCCCC(NCC)c1ccnc(C)n1. The van der Waals surface area contributed by atoms with Crippen LogP contribution < -0.4 is 5.32 Å². The molecule has 1 heterocycles. The highest BCUT2D eigenvalue weighted by molar-refractivity contribution is 5.07. The number of unbranched alkanes of at least 4 members (excludes halogenated alkanes) is 1. The van der Waals surface area contributed by atoms with Crippen LogP contribution in [0.4, 0.5) is 0 Å². The van der Waals surface area contributed by atoms with E-state index in [2.05, 4.69) is 28.8 Å². The molecule has 3 heteroatoms. The van der Waals surface area contributed by atoms with Gasteiger partial charge in [0.05, 0.1) is 5.69 Å². The number of nitrogens with one attached hydrogen (secondary N) is 1. The lowest BCUT2D eigenvalue weighted by Crippen LogP contribution is -2.22. The van der Waals surface area contributed by atoms with E-state index in [-0.39, 0.29) is 0 Å². The Morgan fingerprint density at radius 3 is 3.00 bits per heavy atom. The molecule has 1 atom stereocenters. The van der Waals surface area contributed by atoms with Crippen LogP contribution in [-0.4, -0.2) is 16.5 Å². The third-order valence-corrected chi connectivity index (χ3v) is 2.51. The first-order valence-corrected chi connectivity index (χ1v) is 5.91. The van der Waals surface area contributed by atoms with Gasteiger partial charge in [-0.25, -0.2) is 9.97 Å². The third kappa shape index (κ3) is 4.11. The van der Waals surface area contributed by atoms with Gasteiger partial charge in [-0.15, -0.1) is 6.58 Å². The number of nitrogens with zero attached hydrogens (tertiary/aromatic N) is 2. The fourth-order valence-electron chi connectivity index (χ4n) is 1.74. The van der Waals surface area contributed by atoms with Crippen molar-refractivity contribution in [2.45, 2.75) is 39.2 Å². The third-order valence-electron chi connectivity index (χ3n) is 2.51. The second-order valence-electron chi connectivity index (χ2n) is 3.86. The maximum Gasteiger partial charge on any atom is 0.125 e. The monoisotopic (exact) mass is 219 g/mol. The summed E-state index contributed by atoms with van der Waals surface area (Å²) >= 11 is 0. The van der Waals surface area contributed by atoms with Crippen molar-refractivity contribution in [2.75, 3.05) is 6.54 Å². The van der Waals surface area contributed by atoms with Crippen LogP contribution in [0.1, 0.15) is 43.7 Å². The second-order valence-corrected chi connectivity index (χ2v) is 3.86. The Kier molecular flexibility index (Phi) is 5.72. The molecular weight excluding hydrogens is 198 g/mol. The highest BCUT2D eigenvalue weighted by Gasteiger charge is 2.11. The fourth-order valence-corrected chi connectivity index (χ4v) is 1.74. The van der Waals surface area contributed by atoms with Crippen LogP contribution in [0.15, 0.2) is 24.9 Å². The van der Waals surface area contributed by atoms with E-state index in [0.717, 1.165) is 37.3 Å². The smallest absolute Gasteiger partial charge is 0.125 e. The van der Waals surface area contributed by atoms with Crippen molar-refractivity contribution in [2.24, 2.45) is 0 Å². The molecule has 0 aliphatic carbocycles. The Hall–Kier alpha value is -1.22. The average Bonchev–Trinajstić information content (AvgIpc) is 2.28. The summed E-state index contributed by atoms with van der Waals surface area (Å²) in [7, 11) is 0. The number of rotatable bonds is 7. The van der Waals surface area contributed by atoms with Gasteiger partial charge in [-0.1, -0.05) is 13.0 Å². The van der Waals surface area contributed by atoms with Crippen molar-refractivity contribution in [3.63, 3.8) is 0 Å². The molecule has 1 aromatic rings. The number of allylic oxidation sites excluding steroid dienone is 1. The molecule has 0 aromatic carbocycles. The molecule has 1 rings (SSSR count). The van der Waals surface area contributed by atoms with E-state index in [1.54, 1.807) is 0 Å². The van der Waals surface area contributed by atoms with Crippen LogP contribution in [0.2, 0.25) is 0 Å². The molecule has 0 amide bonds. The summed E-state index contributed by atoms with van der Waals surface area (Å²) < 4.78 is 0. The first kappa shape index (κ1) is 12.8. The summed E-state index contributed by atoms with van der Waals surface area (Å²) in [4.78, 5) is 8.60. The molecule has 1 N–H and O–H groups in total. The van der Waals surface area contributed by atoms with E-state index in [1.807, 2.05) is 25.3 Å². The van der Waals surface area contributed by atoms with Gasteiger partial charge in [0.15, 0.2) is 0 Å². The first-order valence-electron chi connectivity index (χ1n) is 5.91. The molecule has 0 bridgehead atoms. The maximum absolute atomic E-state index is 4.47. The van der Waals surface area contributed by atoms with Crippen LogP contribution in [0, 0.1) is 6.92 Å². The van der Waals surface area contributed by atoms with Gasteiger partial charge >= 0.3 is 0 Å². The Morgan fingerprint density at radius 1 is 1.56 bits per heavy atom. The van der Waals surface area contributed by atoms with Gasteiger partial charge in [-0.2, -0.15) is 0 Å². The number of hydrogen-bond donors (Lipinski definition) is 1. The quantitative estimate of drug-likeness (QED) is 0.566. The van der Waals surface area contributed by atoms with Crippen LogP contribution in [0.3, 0.4) is 0 Å². The van der Waals surface area contributed by atoms with E-state index in [0.29, 0.717) is 6.04 Å². The molecule has 1 aromatic heterocycles. The summed E-state index contributed by atoms with van der Waals surface area (Å²) in [6.07, 6.45) is 7.09. The van der Waals surface area contributed by atoms with Gasteiger partial charge in [-0.3, -0.25) is 0 Å². The van der Waals surface area contributed by atoms with Crippen molar-refractivity contribution in [3.05, 3.63) is 36.4 Å². The molecule has 0 spiro atoms. The maximum atomic E-state index is 4.47. The molecule has 0 fully saturated rings. The van der Waals surface area contributed by atoms with E-state index in [4.69, 9.17) is 0 Å². The summed E-state index contributed by atoms with van der Waals surface area (Å²) in [5, 5.41) is 3.46. The summed E-state index contributed by atoms with van der Waals surface area (Å²) in [5.74, 6) is 0.837. The van der Waals surface area contributed by atoms with Crippen molar-refractivity contribution in [1.29, 1.82) is 0 Å². The average molecular weight is 219 g/mol. The van der Waals surface area contributed by atoms with E-state index >= 15 is 0 Å².